The molecule has 1 N–H and O–H groups in total. The van der Waals surface area contributed by atoms with Gasteiger partial charge >= 0.3 is 5.91 Å². The van der Waals surface area contributed by atoms with Crippen molar-refractivity contribution in [3.63, 3.8) is 0 Å². The van der Waals surface area contributed by atoms with Crippen LogP contribution in [0.25, 0.3) is 11.4 Å². The molecular weight excluding hydrogens is 556 g/mol. The Morgan fingerprint density at radius 2 is 1.64 bits per heavy atom. The number of aromatic nitrogens is 2. The number of carbonyl (C=O) groups is 1. The van der Waals surface area contributed by atoms with Crippen LogP contribution in [-0.2, 0) is 6.61 Å². The van der Waals surface area contributed by atoms with E-state index >= 15 is 0 Å². The minimum Gasteiger partial charge on any atom is -0.486 e. The minimum atomic E-state index is -0.432. The van der Waals surface area contributed by atoms with Crippen molar-refractivity contribution in [1.29, 1.82) is 0 Å². The number of aryl methyl sites for hydroxylation is 3. The number of para-hydroxylation sites is 1. The fourth-order valence-electron chi connectivity index (χ4n) is 4.64. The highest BCUT2D eigenvalue weighted by atomic mass is 79.9. The number of nitrogens with one attached hydrogen (secondary N) is 1. The molecule has 39 heavy (non-hydrogen) atoms. The van der Waals surface area contributed by atoms with Crippen LogP contribution in [0.2, 0.25) is 0 Å². The van der Waals surface area contributed by atoms with Gasteiger partial charge in [-0.1, -0.05) is 12.1 Å². The number of amides is 1. The van der Waals surface area contributed by atoms with E-state index in [2.05, 4.69) is 61.6 Å². The molecule has 5 rings (SSSR count). The Kier molecular flexibility index (Phi) is 7.56. The second kappa shape index (κ2) is 11.2. The molecule has 0 aliphatic carbocycles. The summed E-state index contributed by atoms with van der Waals surface area (Å²) < 4.78 is 16.9. The van der Waals surface area contributed by atoms with Crippen LogP contribution in [0.1, 0.15) is 44.7 Å². The molecule has 0 bridgehead atoms. The Hall–Kier alpha value is -4.30. The van der Waals surface area contributed by atoms with E-state index in [0.717, 1.165) is 32.8 Å². The predicted octanol–water partition coefficient (Wildman–Crippen LogP) is 7.20. The monoisotopic (exact) mass is 584 g/mol. The van der Waals surface area contributed by atoms with Gasteiger partial charge in [0, 0.05) is 38.5 Å². The summed E-state index contributed by atoms with van der Waals surface area (Å²) in [7, 11) is 0. The molecule has 8 heteroatoms. The van der Waals surface area contributed by atoms with Crippen molar-refractivity contribution < 1.29 is 13.9 Å². The largest absolute Gasteiger partial charge is 0.486 e. The number of hydrogen-bond acceptors (Lipinski definition) is 4. The summed E-state index contributed by atoms with van der Waals surface area (Å²) in [5, 5.41) is 4.15. The van der Waals surface area contributed by atoms with E-state index in [1.807, 2.05) is 68.4 Å². The van der Waals surface area contributed by atoms with E-state index in [1.165, 1.54) is 11.4 Å². The topological polar surface area (TPSA) is 73.7 Å². The first-order chi connectivity index (χ1) is 18.8. The third-order valence-corrected chi connectivity index (χ3v) is 7.24. The summed E-state index contributed by atoms with van der Waals surface area (Å²) in [5.74, 6) is 0.993. The van der Waals surface area contributed by atoms with Gasteiger partial charge in [-0.25, -0.2) is 5.43 Å². The summed E-state index contributed by atoms with van der Waals surface area (Å²) in [4.78, 5) is 12.6. The SMILES string of the molecule is Cc1ccc(C)n1-c1ccc(OCc2ccc(C(=O)N/N=C/c3cc(C)n(-c4ccccc4Br)c3C)o2)cc1. The van der Waals surface area contributed by atoms with Gasteiger partial charge in [0.1, 0.15) is 18.1 Å². The van der Waals surface area contributed by atoms with Crippen molar-refractivity contribution in [1.82, 2.24) is 14.6 Å². The Morgan fingerprint density at radius 3 is 2.36 bits per heavy atom. The van der Waals surface area contributed by atoms with Crippen molar-refractivity contribution >= 4 is 28.1 Å². The van der Waals surface area contributed by atoms with Crippen LogP contribution in [-0.4, -0.2) is 21.3 Å². The lowest BCUT2D eigenvalue weighted by Crippen LogP contribution is -2.16. The zero-order valence-electron chi connectivity index (χ0n) is 22.2. The second-order valence-corrected chi connectivity index (χ2v) is 10.2. The van der Waals surface area contributed by atoms with E-state index in [0.29, 0.717) is 11.5 Å². The molecule has 0 unspecified atom stereocenters. The van der Waals surface area contributed by atoms with E-state index in [4.69, 9.17) is 9.15 Å². The molecule has 2 aromatic carbocycles. The molecule has 3 aromatic heterocycles. The number of ether oxygens (including phenoxy) is 1. The quantitative estimate of drug-likeness (QED) is 0.155. The normalized spacial score (nSPS) is 11.3. The Morgan fingerprint density at radius 1 is 0.923 bits per heavy atom. The highest BCUT2D eigenvalue weighted by Crippen LogP contribution is 2.26. The van der Waals surface area contributed by atoms with Gasteiger partial charge in [-0.3, -0.25) is 4.79 Å². The molecule has 0 radical (unpaired) electrons. The van der Waals surface area contributed by atoms with Gasteiger partial charge in [-0.15, -0.1) is 0 Å². The maximum atomic E-state index is 12.6. The summed E-state index contributed by atoms with van der Waals surface area (Å²) in [6.07, 6.45) is 1.64. The Labute approximate surface area is 235 Å². The molecule has 7 nitrogen and oxygen atoms in total. The highest BCUT2D eigenvalue weighted by molar-refractivity contribution is 9.10. The second-order valence-electron chi connectivity index (χ2n) is 9.31. The van der Waals surface area contributed by atoms with Crippen molar-refractivity contribution in [2.75, 3.05) is 0 Å². The number of furan rings is 1. The summed E-state index contributed by atoms with van der Waals surface area (Å²) in [6, 6.07) is 25.5. The lowest BCUT2D eigenvalue weighted by molar-refractivity contribution is 0.0923. The number of benzene rings is 2. The average molecular weight is 586 g/mol. The van der Waals surface area contributed by atoms with E-state index in [1.54, 1.807) is 18.3 Å². The first kappa shape index (κ1) is 26.3. The summed E-state index contributed by atoms with van der Waals surface area (Å²) >= 11 is 3.62. The lowest BCUT2D eigenvalue weighted by atomic mass is 10.2. The molecule has 1 amide bonds. The van der Waals surface area contributed by atoms with Gasteiger partial charge in [-0.05, 0) is 110 Å². The maximum absolute atomic E-state index is 12.6. The predicted molar refractivity (Wildman–Crippen MR) is 156 cm³/mol. The smallest absolute Gasteiger partial charge is 0.307 e. The number of rotatable bonds is 8. The van der Waals surface area contributed by atoms with Gasteiger partial charge in [0.25, 0.3) is 0 Å². The van der Waals surface area contributed by atoms with Crippen molar-refractivity contribution in [2.45, 2.75) is 34.3 Å². The van der Waals surface area contributed by atoms with Crippen LogP contribution in [0.4, 0.5) is 0 Å². The molecule has 0 spiro atoms. The summed E-state index contributed by atoms with van der Waals surface area (Å²) in [5.41, 5.74) is 10.0. The van der Waals surface area contributed by atoms with Gasteiger partial charge in [0.05, 0.1) is 11.9 Å². The first-order valence-corrected chi connectivity index (χ1v) is 13.4. The third-order valence-electron chi connectivity index (χ3n) is 6.57. The number of nitrogens with zero attached hydrogens (tertiary/aromatic N) is 3. The van der Waals surface area contributed by atoms with Crippen LogP contribution in [0, 0.1) is 27.7 Å². The van der Waals surface area contributed by atoms with E-state index < -0.39 is 5.91 Å². The van der Waals surface area contributed by atoms with Crippen LogP contribution in [0.15, 0.2) is 92.9 Å². The number of halogens is 1. The highest BCUT2D eigenvalue weighted by Gasteiger charge is 2.13. The fraction of sp³-hybridized carbons (Fsp3) is 0.161. The molecule has 198 valence electrons. The first-order valence-electron chi connectivity index (χ1n) is 12.6. The van der Waals surface area contributed by atoms with Crippen LogP contribution in [0.5, 0.6) is 5.75 Å². The van der Waals surface area contributed by atoms with Gasteiger partial charge in [0.15, 0.2) is 5.76 Å². The third kappa shape index (κ3) is 5.61. The number of carbonyl (C=O) groups excluding carboxylic acids is 1. The number of hydrazone groups is 1. The molecule has 0 aliphatic heterocycles. The zero-order valence-corrected chi connectivity index (χ0v) is 23.8. The van der Waals surface area contributed by atoms with Gasteiger partial charge < -0.3 is 18.3 Å². The Balaban J connectivity index is 1.18. The maximum Gasteiger partial charge on any atom is 0.307 e. The van der Waals surface area contributed by atoms with E-state index in [-0.39, 0.29) is 12.4 Å². The minimum absolute atomic E-state index is 0.165. The van der Waals surface area contributed by atoms with E-state index in [9.17, 15) is 4.79 Å². The van der Waals surface area contributed by atoms with Gasteiger partial charge in [-0.2, -0.15) is 5.10 Å². The average Bonchev–Trinajstić information content (AvgIpc) is 3.61. The van der Waals surface area contributed by atoms with Crippen LogP contribution < -0.4 is 10.2 Å². The molecule has 3 heterocycles. The van der Waals surface area contributed by atoms with Crippen molar-refractivity contribution in [3.05, 3.63) is 123 Å². The van der Waals surface area contributed by atoms with Crippen molar-refractivity contribution in [3.8, 4) is 17.1 Å². The standard InChI is InChI=1S/C31H29BrN4O3/c1-20-9-10-21(2)35(20)25-11-13-26(14-12-25)38-19-27-15-16-30(39-27)31(37)34-33-18-24-17-22(3)36(23(24)4)29-8-6-5-7-28(29)32/h5-18H,19H2,1-4H3,(H,34,37)/b33-18+. The summed E-state index contributed by atoms with van der Waals surface area (Å²) in [6.45, 7) is 8.42. The molecule has 0 fully saturated rings. The Bertz CT molecular complexity index is 1640. The molecular formula is C31H29BrN4O3. The molecule has 0 saturated carbocycles. The molecule has 0 saturated heterocycles. The number of hydrogen-bond donors (Lipinski definition) is 1. The molecule has 5 aromatic rings. The van der Waals surface area contributed by atoms with Crippen LogP contribution >= 0.6 is 15.9 Å². The zero-order chi connectivity index (χ0) is 27.5. The van der Waals surface area contributed by atoms with Crippen molar-refractivity contribution in [2.24, 2.45) is 5.10 Å². The van der Waals surface area contributed by atoms with Gasteiger partial charge in [0.2, 0.25) is 0 Å². The lowest BCUT2D eigenvalue weighted by Gasteiger charge is -2.11. The molecule has 0 atom stereocenters. The molecule has 0 aliphatic rings. The fourth-order valence-corrected chi connectivity index (χ4v) is 5.10. The van der Waals surface area contributed by atoms with Crippen LogP contribution in [0.3, 0.4) is 0 Å².